The Labute approximate surface area is 126 Å². The van der Waals surface area contributed by atoms with Crippen LogP contribution in [0, 0.1) is 0 Å². The smallest absolute Gasteiger partial charge is 0.224 e. The van der Waals surface area contributed by atoms with E-state index in [-0.39, 0.29) is 0 Å². The summed E-state index contributed by atoms with van der Waals surface area (Å²) in [5.41, 5.74) is 0. The molecule has 2 rings (SSSR count). The van der Waals surface area contributed by atoms with Gasteiger partial charge in [-0.3, -0.25) is 0 Å². The van der Waals surface area contributed by atoms with Crippen LogP contribution >= 0.6 is 11.6 Å². The Balaban J connectivity index is 1.93. The van der Waals surface area contributed by atoms with Gasteiger partial charge in [-0.15, -0.1) is 0 Å². The fourth-order valence-corrected chi connectivity index (χ4v) is 2.59. The summed E-state index contributed by atoms with van der Waals surface area (Å²) < 4.78 is 0. The molecule has 112 valence electrons. The van der Waals surface area contributed by atoms with Crippen LogP contribution in [0.5, 0.6) is 0 Å². The molecule has 1 aliphatic rings. The van der Waals surface area contributed by atoms with E-state index < -0.39 is 0 Å². The van der Waals surface area contributed by atoms with Crippen molar-refractivity contribution >= 4 is 23.4 Å². The van der Waals surface area contributed by atoms with E-state index in [9.17, 15) is 0 Å². The Morgan fingerprint density at radius 2 is 2.25 bits per heavy atom. The van der Waals surface area contributed by atoms with E-state index in [1.807, 2.05) is 0 Å². The van der Waals surface area contributed by atoms with Crippen molar-refractivity contribution in [2.24, 2.45) is 0 Å². The first-order chi connectivity index (χ1) is 9.70. The van der Waals surface area contributed by atoms with Gasteiger partial charge in [-0.2, -0.15) is 4.98 Å². The fourth-order valence-electron chi connectivity index (χ4n) is 2.43. The summed E-state index contributed by atoms with van der Waals surface area (Å²) in [6.07, 6.45) is 6.53. The number of anilines is 2. The number of piperidine rings is 1. The summed E-state index contributed by atoms with van der Waals surface area (Å²) in [5, 5.41) is 7.12. The molecule has 0 saturated carbocycles. The van der Waals surface area contributed by atoms with Gasteiger partial charge in [0, 0.05) is 19.1 Å². The van der Waals surface area contributed by atoms with Gasteiger partial charge in [-0.05, 0) is 32.9 Å². The zero-order valence-electron chi connectivity index (χ0n) is 12.3. The standard InChI is InChI=1S/C14H24ClN5/c1-3-7-16-14-18-10-12(15)13(19-14)17-9-11-6-4-5-8-20(11)2/h10-11H,3-9H2,1-2H3,(H2,16,17,18,19). The number of halogens is 1. The molecule has 0 aromatic carbocycles. The highest BCUT2D eigenvalue weighted by molar-refractivity contribution is 6.32. The van der Waals surface area contributed by atoms with Gasteiger partial charge in [0.1, 0.15) is 5.02 Å². The van der Waals surface area contributed by atoms with E-state index in [0.717, 1.165) is 25.3 Å². The summed E-state index contributed by atoms with van der Waals surface area (Å²) in [6.45, 7) is 5.03. The van der Waals surface area contributed by atoms with Gasteiger partial charge in [-0.25, -0.2) is 4.98 Å². The van der Waals surface area contributed by atoms with Crippen LogP contribution in [0.15, 0.2) is 6.20 Å². The average molecular weight is 298 g/mol. The van der Waals surface area contributed by atoms with Crippen molar-refractivity contribution in [2.45, 2.75) is 38.6 Å². The molecule has 0 amide bonds. The molecule has 1 atom stereocenters. The van der Waals surface area contributed by atoms with Gasteiger partial charge in [-0.1, -0.05) is 24.9 Å². The average Bonchev–Trinajstić information content (AvgIpc) is 2.46. The van der Waals surface area contributed by atoms with Gasteiger partial charge >= 0.3 is 0 Å². The van der Waals surface area contributed by atoms with Gasteiger partial charge in [0.05, 0.1) is 6.20 Å². The van der Waals surface area contributed by atoms with Crippen molar-refractivity contribution in [1.29, 1.82) is 0 Å². The van der Waals surface area contributed by atoms with E-state index in [1.54, 1.807) is 6.20 Å². The molecule has 1 saturated heterocycles. The van der Waals surface area contributed by atoms with Gasteiger partial charge in [0.2, 0.25) is 5.95 Å². The maximum absolute atomic E-state index is 6.16. The molecule has 1 unspecified atom stereocenters. The van der Waals surface area contributed by atoms with Crippen molar-refractivity contribution in [3.63, 3.8) is 0 Å². The first-order valence-corrected chi connectivity index (χ1v) is 7.79. The van der Waals surface area contributed by atoms with Crippen molar-refractivity contribution in [2.75, 3.05) is 37.3 Å². The Kier molecular flexibility index (Phi) is 5.86. The van der Waals surface area contributed by atoms with E-state index >= 15 is 0 Å². The Morgan fingerprint density at radius 3 is 3.00 bits per heavy atom. The number of hydrogen-bond acceptors (Lipinski definition) is 5. The van der Waals surface area contributed by atoms with Crippen LogP contribution in [0.3, 0.4) is 0 Å². The van der Waals surface area contributed by atoms with Crippen LogP contribution in [-0.4, -0.2) is 47.6 Å². The maximum Gasteiger partial charge on any atom is 0.224 e. The van der Waals surface area contributed by atoms with E-state index in [1.165, 1.54) is 25.8 Å². The molecule has 0 spiro atoms. The number of nitrogens with one attached hydrogen (secondary N) is 2. The first-order valence-electron chi connectivity index (χ1n) is 7.41. The van der Waals surface area contributed by atoms with Crippen LogP contribution in [0.1, 0.15) is 32.6 Å². The van der Waals surface area contributed by atoms with E-state index in [0.29, 0.717) is 17.0 Å². The zero-order valence-corrected chi connectivity index (χ0v) is 13.1. The molecule has 0 radical (unpaired) electrons. The topological polar surface area (TPSA) is 53.1 Å². The van der Waals surface area contributed by atoms with Crippen molar-refractivity contribution < 1.29 is 0 Å². The first kappa shape index (κ1) is 15.3. The summed E-state index contributed by atoms with van der Waals surface area (Å²) in [6, 6.07) is 0.557. The number of rotatable bonds is 6. The van der Waals surface area contributed by atoms with Crippen molar-refractivity contribution in [3.05, 3.63) is 11.2 Å². The molecule has 2 N–H and O–H groups in total. The lowest BCUT2D eigenvalue weighted by Crippen LogP contribution is -2.40. The van der Waals surface area contributed by atoms with Gasteiger partial charge < -0.3 is 15.5 Å². The second-order valence-electron chi connectivity index (χ2n) is 5.33. The Hall–Kier alpha value is -1.07. The molecule has 1 aromatic heterocycles. The number of likely N-dealkylation sites (N-methyl/N-ethyl adjacent to an activating group) is 1. The zero-order chi connectivity index (χ0) is 14.4. The molecular weight excluding hydrogens is 274 g/mol. The SMILES string of the molecule is CCCNc1ncc(Cl)c(NCC2CCCCN2C)n1. The number of likely N-dealkylation sites (tertiary alicyclic amines) is 1. The second kappa shape index (κ2) is 7.64. The minimum absolute atomic E-state index is 0.557. The summed E-state index contributed by atoms with van der Waals surface area (Å²) in [5.74, 6) is 1.36. The van der Waals surface area contributed by atoms with Crippen LogP contribution in [-0.2, 0) is 0 Å². The molecule has 5 nitrogen and oxygen atoms in total. The van der Waals surface area contributed by atoms with Crippen LogP contribution in [0.2, 0.25) is 5.02 Å². The lowest BCUT2D eigenvalue weighted by molar-refractivity contribution is 0.194. The second-order valence-corrected chi connectivity index (χ2v) is 5.74. The lowest BCUT2D eigenvalue weighted by Gasteiger charge is -2.32. The molecular formula is C14H24ClN5. The molecule has 1 aliphatic heterocycles. The minimum atomic E-state index is 0.557. The van der Waals surface area contributed by atoms with Gasteiger partial charge in [0.15, 0.2) is 5.82 Å². The normalized spacial score (nSPS) is 19.9. The van der Waals surface area contributed by atoms with Crippen LogP contribution in [0.4, 0.5) is 11.8 Å². The monoisotopic (exact) mass is 297 g/mol. The predicted molar refractivity (Wildman–Crippen MR) is 84.6 cm³/mol. The summed E-state index contributed by atoms with van der Waals surface area (Å²) in [4.78, 5) is 11.0. The van der Waals surface area contributed by atoms with Crippen molar-refractivity contribution in [3.8, 4) is 0 Å². The highest BCUT2D eigenvalue weighted by Crippen LogP contribution is 2.21. The molecule has 1 aromatic rings. The summed E-state index contributed by atoms with van der Waals surface area (Å²) in [7, 11) is 2.18. The third-order valence-electron chi connectivity index (χ3n) is 3.70. The largest absolute Gasteiger partial charge is 0.367 e. The molecule has 2 heterocycles. The summed E-state index contributed by atoms with van der Waals surface area (Å²) >= 11 is 6.16. The van der Waals surface area contributed by atoms with Gasteiger partial charge in [0.25, 0.3) is 0 Å². The molecule has 0 aliphatic carbocycles. The third-order valence-corrected chi connectivity index (χ3v) is 3.98. The molecule has 1 fully saturated rings. The maximum atomic E-state index is 6.16. The Bertz CT molecular complexity index is 426. The third kappa shape index (κ3) is 4.21. The molecule has 20 heavy (non-hydrogen) atoms. The predicted octanol–water partition coefficient (Wildman–Crippen LogP) is 2.85. The number of nitrogens with zero attached hydrogens (tertiary/aromatic N) is 3. The van der Waals surface area contributed by atoms with Crippen LogP contribution in [0.25, 0.3) is 0 Å². The van der Waals surface area contributed by atoms with Crippen molar-refractivity contribution in [1.82, 2.24) is 14.9 Å². The Morgan fingerprint density at radius 1 is 1.40 bits per heavy atom. The molecule has 6 heteroatoms. The highest BCUT2D eigenvalue weighted by atomic mass is 35.5. The molecule has 0 bridgehead atoms. The van der Waals surface area contributed by atoms with E-state index in [4.69, 9.17) is 11.6 Å². The number of aromatic nitrogens is 2. The quantitative estimate of drug-likeness (QED) is 0.845. The lowest BCUT2D eigenvalue weighted by atomic mass is 10.0. The van der Waals surface area contributed by atoms with E-state index in [2.05, 4.69) is 39.5 Å². The minimum Gasteiger partial charge on any atom is -0.367 e. The van der Waals surface area contributed by atoms with Crippen LogP contribution < -0.4 is 10.6 Å². The fraction of sp³-hybridized carbons (Fsp3) is 0.714. The number of hydrogen-bond donors (Lipinski definition) is 2. The highest BCUT2D eigenvalue weighted by Gasteiger charge is 2.19.